The van der Waals surface area contributed by atoms with Crippen molar-refractivity contribution < 1.29 is 13.2 Å². The van der Waals surface area contributed by atoms with Crippen LogP contribution in [0.3, 0.4) is 0 Å². The molecule has 3 aromatic rings. The van der Waals surface area contributed by atoms with Crippen LogP contribution in [-0.4, -0.2) is 48.8 Å². The van der Waals surface area contributed by atoms with Crippen molar-refractivity contribution in [1.29, 1.82) is 0 Å². The molecule has 8 heteroatoms. The zero-order valence-electron chi connectivity index (χ0n) is 17.4. The van der Waals surface area contributed by atoms with Gasteiger partial charge in [0.2, 0.25) is 15.9 Å². The van der Waals surface area contributed by atoms with Gasteiger partial charge in [0.05, 0.1) is 10.9 Å². The summed E-state index contributed by atoms with van der Waals surface area (Å²) in [4.78, 5) is 16.9. The van der Waals surface area contributed by atoms with Crippen molar-refractivity contribution in [2.24, 2.45) is 5.73 Å². The van der Waals surface area contributed by atoms with Gasteiger partial charge in [0.15, 0.2) is 0 Å². The van der Waals surface area contributed by atoms with E-state index in [2.05, 4.69) is 10.3 Å². The fourth-order valence-electron chi connectivity index (χ4n) is 4.01. The SMILES string of the molecule is Cc1cncc2c(S(=O)(=O)N3CC[C@@H](NC(=O)[C@@H](N)Cc4ccccc4)C3)cccc12. The summed E-state index contributed by atoms with van der Waals surface area (Å²) in [6.45, 7) is 2.48. The Morgan fingerprint density at radius 2 is 1.94 bits per heavy atom. The van der Waals surface area contributed by atoms with Gasteiger partial charge < -0.3 is 11.1 Å². The monoisotopic (exact) mass is 438 g/mol. The topological polar surface area (TPSA) is 105 Å². The van der Waals surface area contributed by atoms with E-state index in [4.69, 9.17) is 5.73 Å². The van der Waals surface area contributed by atoms with Gasteiger partial charge in [-0.05, 0) is 42.3 Å². The molecule has 0 saturated carbocycles. The molecule has 0 radical (unpaired) electrons. The second kappa shape index (κ2) is 8.74. The smallest absolute Gasteiger partial charge is 0.243 e. The van der Waals surface area contributed by atoms with Crippen molar-refractivity contribution >= 4 is 26.7 Å². The maximum Gasteiger partial charge on any atom is 0.243 e. The van der Waals surface area contributed by atoms with Crippen LogP contribution in [0.4, 0.5) is 0 Å². The predicted octanol–water partition coefficient (Wildman–Crippen LogP) is 1.99. The van der Waals surface area contributed by atoms with E-state index < -0.39 is 16.1 Å². The highest BCUT2D eigenvalue weighted by molar-refractivity contribution is 7.89. The van der Waals surface area contributed by atoms with Gasteiger partial charge in [-0.15, -0.1) is 0 Å². The Morgan fingerprint density at radius 1 is 1.16 bits per heavy atom. The number of sulfonamides is 1. The lowest BCUT2D eigenvalue weighted by atomic mass is 10.1. The van der Waals surface area contributed by atoms with E-state index in [1.54, 1.807) is 24.5 Å². The molecule has 2 heterocycles. The van der Waals surface area contributed by atoms with Gasteiger partial charge >= 0.3 is 0 Å². The first-order valence-corrected chi connectivity index (χ1v) is 11.7. The van der Waals surface area contributed by atoms with Crippen molar-refractivity contribution in [2.45, 2.75) is 36.7 Å². The Balaban J connectivity index is 1.45. The molecular formula is C23H26N4O3S. The molecule has 0 unspecified atom stereocenters. The molecule has 2 aromatic carbocycles. The molecule has 31 heavy (non-hydrogen) atoms. The highest BCUT2D eigenvalue weighted by Gasteiger charge is 2.34. The van der Waals surface area contributed by atoms with Gasteiger partial charge in [-0.25, -0.2) is 8.42 Å². The van der Waals surface area contributed by atoms with E-state index in [0.717, 1.165) is 16.5 Å². The van der Waals surface area contributed by atoms with Gasteiger partial charge in [-0.1, -0.05) is 42.5 Å². The molecule has 1 amide bonds. The fourth-order valence-corrected chi connectivity index (χ4v) is 5.70. The van der Waals surface area contributed by atoms with Crippen molar-refractivity contribution in [3.05, 3.63) is 72.1 Å². The van der Waals surface area contributed by atoms with Crippen molar-refractivity contribution in [2.75, 3.05) is 13.1 Å². The number of nitrogens with zero attached hydrogens (tertiary/aromatic N) is 2. The Labute approximate surface area is 182 Å². The minimum absolute atomic E-state index is 0.224. The van der Waals surface area contributed by atoms with Crippen LogP contribution >= 0.6 is 0 Å². The number of carbonyl (C=O) groups is 1. The summed E-state index contributed by atoms with van der Waals surface area (Å²) in [5.74, 6) is -0.266. The van der Waals surface area contributed by atoms with Crippen LogP contribution < -0.4 is 11.1 Å². The molecule has 1 saturated heterocycles. The largest absolute Gasteiger partial charge is 0.351 e. The van der Waals surface area contributed by atoms with E-state index in [-0.39, 0.29) is 23.4 Å². The van der Waals surface area contributed by atoms with Crippen molar-refractivity contribution in [1.82, 2.24) is 14.6 Å². The molecule has 1 aromatic heterocycles. The molecule has 0 spiro atoms. The lowest BCUT2D eigenvalue weighted by Gasteiger charge is -2.19. The van der Waals surface area contributed by atoms with Crippen molar-refractivity contribution in [3.63, 3.8) is 0 Å². The summed E-state index contributed by atoms with van der Waals surface area (Å²) in [5.41, 5.74) is 7.98. The molecule has 1 aliphatic rings. The lowest BCUT2D eigenvalue weighted by molar-refractivity contribution is -0.122. The Kier molecular flexibility index (Phi) is 6.04. The van der Waals surface area contributed by atoms with Crippen LogP contribution in [-0.2, 0) is 21.2 Å². The number of aryl methyl sites for hydroxylation is 1. The molecule has 3 N–H and O–H groups in total. The number of aromatic nitrogens is 1. The van der Waals surface area contributed by atoms with Gasteiger partial charge in [-0.3, -0.25) is 9.78 Å². The first-order valence-electron chi connectivity index (χ1n) is 10.3. The molecule has 1 aliphatic heterocycles. The van der Waals surface area contributed by atoms with E-state index in [0.29, 0.717) is 24.8 Å². The number of rotatable bonds is 6. The zero-order valence-corrected chi connectivity index (χ0v) is 18.2. The highest BCUT2D eigenvalue weighted by Crippen LogP contribution is 2.28. The van der Waals surface area contributed by atoms with Crippen LogP contribution in [0.15, 0.2) is 65.8 Å². The molecule has 4 rings (SSSR count). The number of nitrogens with two attached hydrogens (primary N) is 1. The summed E-state index contributed by atoms with van der Waals surface area (Å²) in [7, 11) is -3.71. The molecule has 2 atom stereocenters. The van der Waals surface area contributed by atoms with Crippen LogP contribution in [0.1, 0.15) is 17.5 Å². The highest BCUT2D eigenvalue weighted by atomic mass is 32.2. The molecular weight excluding hydrogens is 412 g/mol. The predicted molar refractivity (Wildman–Crippen MR) is 120 cm³/mol. The third kappa shape index (κ3) is 4.46. The zero-order chi connectivity index (χ0) is 22.0. The third-order valence-electron chi connectivity index (χ3n) is 5.71. The van der Waals surface area contributed by atoms with Crippen molar-refractivity contribution in [3.8, 4) is 0 Å². The number of carbonyl (C=O) groups excluding carboxylic acids is 1. The second-order valence-corrected chi connectivity index (χ2v) is 9.87. The summed E-state index contributed by atoms with van der Waals surface area (Å²) in [6.07, 6.45) is 4.29. The average molecular weight is 439 g/mol. The summed E-state index contributed by atoms with van der Waals surface area (Å²) >= 11 is 0. The standard InChI is InChI=1S/C23H26N4O3S/c1-16-13-25-14-20-19(16)8-5-9-22(20)31(29,30)27-11-10-18(15-27)26-23(28)21(24)12-17-6-3-2-4-7-17/h2-9,13-14,18,21H,10-12,15,24H2,1H3,(H,26,28)/t18-,21+/m1/s1. The molecule has 162 valence electrons. The third-order valence-corrected chi connectivity index (χ3v) is 7.64. The number of fused-ring (bicyclic) bond motifs is 1. The van der Waals surface area contributed by atoms with E-state index >= 15 is 0 Å². The normalized spacial score (nSPS) is 18.2. The first-order chi connectivity index (χ1) is 14.9. The quantitative estimate of drug-likeness (QED) is 0.612. The van der Waals surface area contributed by atoms with Crippen LogP contribution in [0.2, 0.25) is 0 Å². The number of amides is 1. The Morgan fingerprint density at radius 3 is 2.71 bits per heavy atom. The second-order valence-electron chi connectivity index (χ2n) is 7.96. The maximum atomic E-state index is 13.3. The summed E-state index contributed by atoms with van der Waals surface area (Å²) in [5, 5.41) is 4.39. The average Bonchev–Trinajstić information content (AvgIpc) is 3.24. The van der Waals surface area contributed by atoms with Crippen LogP contribution in [0, 0.1) is 6.92 Å². The molecule has 1 fully saturated rings. The fraction of sp³-hybridized carbons (Fsp3) is 0.304. The summed E-state index contributed by atoms with van der Waals surface area (Å²) < 4.78 is 28.1. The van der Waals surface area contributed by atoms with Gasteiger partial charge in [0.1, 0.15) is 0 Å². The number of hydrogen-bond donors (Lipinski definition) is 2. The lowest BCUT2D eigenvalue weighted by Crippen LogP contribution is -2.47. The van der Waals surface area contributed by atoms with E-state index in [9.17, 15) is 13.2 Å². The van der Waals surface area contributed by atoms with E-state index in [1.165, 1.54) is 4.31 Å². The number of nitrogens with one attached hydrogen (secondary N) is 1. The number of pyridine rings is 1. The van der Waals surface area contributed by atoms with E-state index in [1.807, 2.05) is 43.3 Å². The Bertz CT molecular complexity index is 1200. The minimum Gasteiger partial charge on any atom is -0.351 e. The molecule has 0 bridgehead atoms. The van der Waals surface area contributed by atoms with Gasteiger partial charge in [0.25, 0.3) is 0 Å². The maximum absolute atomic E-state index is 13.3. The summed E-state index contributed by atoms with van der Waals surface area (Å²) in [6, 6.07) is 13.9. The first kappa shape index (κ1) is 21.4. The molecule has 0 aliphatic carbocycles. The number of benzene rings is 2. The van der Waals surface area contributed by atoms with Crippen LogP contribution in [0.5, 0.6) is 0 Å². The minimum atomic E-state index is -3.71. The van der Waals surface area contributed by atoms with Crippen LogP contribution in [0.25, 0.3) is 10.8 Å². The van der Waals surface area contributed by atoms with Gasteiger partial charge in [0, 0.05) is 36.9 Å². The Hall–Kier alpha value is -2.81. The number of hydrogen-bond acceptors (Lipinski definition) is 5. The van der Waals surface area contributed by atoms with Gasteiger partial charge in [-0.2, -0.15) is 4.31 Å². The molecule has 7 nitrogen and oxygen atoms in total.